The molecule has 0 bridgehead atoms. The van der Waals surface area contributed by atoms with Crippen LogP contribution in [0.4, 0.5) is 5.82 Å². The van der Waals surface area contributed by atoms with Crippen LogP contribution in [-0.4, -0.2) is 40.4 Å². The van der Waals surface area contributed by atoms with Crippen LogP contribution in [0.25, 0.3) is 6.08 Å². The van der Waals surface area contributed by atoms with Gasteiger partial charge >= 0.3 is 6.01 Å². The predicted octanol–water partition coefficient (Wildman–Crippen LogP) is 8.61. The molecule has 4 rings (SSSR count). The van der Waals surface area contributed by atoms with E-state index < -0.39 is 0 Å². The minimum absolute atomic E-state index is 0.0753. The maximum absolute atomic E-state index is 11.9. The van der Waals surface area contributed by atoms with Crippen molar-refractivity contribution in [2.75, 3.05) is 24.6 Å². The third kappa shape index (κ3) is 10.6. The third-order valence-corrected chi connectivity index (χ3v) is 9.24. The summed E-state index contributed by atoms with van der Waals surface area (Å²) in [6.07, 6.45) is 24.1. The molecule has 0 saturated heterocycles. The normalized spacial score (nSPS) is 17.1. The fourth-order valence-electron chi connectivity index (χ4n) is 6.43. The van der Waals surface area contributed by atoms with E-state index >= 15 is 0 Å². The van der Waals surface area contributed by atoms with Gasteiger partial charge < -0.3 is 9.64 Å². The van der Waals surface area contributed by atoms with Crippen molar-refractivity contribution >= 4 is 17.7 Å². The highest BCUT2D eigenvalue weighted by atomic mass is 16.5. The Hall–Kier alpha value is -3.79. The number of rotatable bonds is 21. The standard InChI is InChI=1S/C39H53N5O2/c1-5-8-12-31(11-6-2)28-46-39-42-37-25-30(14-16-33-26-41-23-21-35(33)32-17-18-32)15-19-36(37)38(43-39)44(27-29(4)20-22-40)24-10-9-13-34(45)7-3/h6-7,14,16,21,23,26,29-32H,2-3,5,8-13,15,17-20,24-25,27-28H2,1,4H3/b16-14+/t29-,30?,31-/m0/s1. The molecule has 1 saturated carbocycles. The van der Waals surface area contributed by atoms with E-state index in [0.717, 1.165) is 82.4 Å². The smallest absolute Gasteiger partial charge is 0.318 e. The number of pyridine rings is 1. The maximum Gasteiger partial charge on any atom is 0.318 e. The number of hydrogen-bond donors (Lipinski definition) is 0. The Morgan fingerprint density at radius 1 is 1.22 bits per heavy atom. The van der Waals surface area contributed by atoms with Crippen LogP contribution in [0.15, 0.2) is 49.8 Å². The van der Waals surface area contributed by atoms with Crippen molar-refractivity contribution in [2.45, 2.75) is 103 Å². The van der Waals surface area contributed by atoms with Crippen LogP contribution in [0.3, 0.4) is 0 Å². The van der Waals surface area contributed by atoms with Crippen LogP contribution in [0.5, 0.6) is 6.01 Å². The fraction of sp³-hybridized carbons (Fsp3) is 0.564. The minimum atomic E-state index is 0.0753. The molecule has 2 aliphatic rings. The number of nitrogens with zero attached hydrogens (tertiary/aromatic N) is 5. The second kappa shape index (κ2) is 18.4. The monoisotopic (exact) mass is 623 g/mol. The maximum atomic E-state index is 11.9. The predicted molar refractivity (Wildman–Crippen MR) is 187 cm³/mol. The van der Waals surface area contributed by atoms with Crippen molar-refractivity contribution < 1.29 is 9.53 Å². The van der Waals surface area contributed by atoms with Crippen LogP contribution in [0, 0.1) is 29.1 Å². The number of aromatic nitrogens is 3. The first kappa shape index (κ1) is 35.1. The van der Waals surface area contributed by atoms with Crippen molar-refractivity contribution in [1.82, 2.24) is 15.0 Å². The first-order chi connectivity index (χ1) is 22.4. The number of hydrogen-bond acceptors (Lipinski definition) is 7. The van der Waals surface area contributed by atoms with E-state index in [2.05, 4.69) is 61.2 Å². The average Bonchev–Trinajstić information content (AvgIpc) is 3.92. The molecule has 2 aromatic heterocycles. The Kier molecular flexibility index (Phi) is 14.0. The molecule has 7 nitrogen and oxygen atoms in total. The van der Waals surface area contributed by atoms with Gasteiger partial charge in [0.1, 0.15) is 5.82 Å². The zero-order chi connectivity index (χ0) is 32.7. The number of nitriles is 1. The molecule has 0 N–H and O–H groups in total. The van der Waals surface area contributed by atoms with Gasteiger partial charge in [-0.05, 0) is 105 Å². The summed E-state index contributed by atoms with van der Waals surface area (Å²) >= 11 is 0. The zero-order valence-corrected chi connectivity index (χ0v) is 28.1. The highest BCUT2D eigenvalue weighted by Crippen LogP contribution is 2.42. The molecule has 1 fully saturated rings. The topological polar surface area (TPSA) is 92.0 Å². The largest absolute Gasteiger partial charge is 0.463 e. The number of carbonyl (C=O) groups excluding carboxylic acids is 1. The van der Waals surface area contributed by atoms with E-state index in [1.54, 1.807) is 0 Å². The summed E-state index contributed by atoms with van der Waals surface area (Å²) in [5, 5.41) is 9.42. The van der Waals surface area contributed by atoms with Crippen LogP contribution >= 0.6 is 0 Å². The molecule has 0 aliphatic heterocycles. The van der Waals surface area contributed by atoms with Gasteiger partial charge in [-0.2, -0.15) is 15.2 Å². The molecule has 2 aromatic rings. The Balaban J connectivity index is 1.61. The van der Waals surface area contributed by atoms with Crippen LogP contribution < -0.4 is 9.64 Å². The van der Waals surface area contributed by atoms with Crippen molar-refractivity contribution in [3.8, 4) is 12.1 Å². The summed E-state index contributed by atoms with van der Waals surface area (Å²) in [6.45, 7) is 13.9. The van der Waals surface area contributed by atoms with Crippen LogP contribution in [0.1, 0.15) is 113 Å². The van der Waals surface area contributed by atoms with Gasteiger partial charge in [0.25, 0.3) is 0 Å². The number of allylic oxidation sites excluding steroid dienone is 3. The molecule has 3 atom stereocenters. The van der Waals surface area contributed by atoms with Crippen molar-refractivity contribution in [3.63, 3.8) is 0 Å². The second-order valence-electron chi connectivity index (χ2n) is 13.3. The van der Waals surface area contributed by atoms with Gasteiger partial charge in [-0.3, -0.25) is 9.78 Å². The fourth-order valence-corrected chi connectivity index (χ4v) is 6.43. The molecule has 2 heterocycles. The Bertz CT molecular complexity index is 1370. The lowest BCUT2D eigenvalue weighted by molar-refractivity contribution is -0.114. The zero-order valence-electron chi connectivity index (χ0n) is 28.1. The van der Waals surface area contributed by atoms with E-state index in [9.17, 15) is 10.1 Å². The van der Waals surface area contributed by atoms with Gasteiger partial charge in [-0.25, -0.2) is 0 Å². The summed E-state index contributed by atoms with van der Waals surface area (Å²) in [5.74, 6) is 2.61. The highest BCUT2D eigenvalue weighted by Gasteiger charge is 2.28. The SMILES string of the molecule is C=CC[C@@H](CCCC)COc1nc2c(c(N(CCCCC(=O)C=C)C[C@@H](C)CC#N)n1)CCC(/C=C/c1cnccc1C1CC1)C2. The summed E-state index contributed by atoms with van der Waals surface area (Å²) in [7, 11) is 0. The molecule has 2 aliphatic carbocycles. The molecule has 46 heavy (non-hydrogen) atoms. The third-order valence-electron chi connectivity index (χ3n) is 9.24. The lowest BCUT2D eigenvalue weighted by Gasteiger charge is -2.32. The van der Waals surface area contributed by atoms with Crippen molar-refractivity contribution in [2.24, 2.45) is 17.8 Å². The van der Waals surface area contributed by atoms with Gasteiger partial charge in [-0.1, -0.05) is 51.5 Å². The number of ether oxygens (including phenoxy) is 1. The number of carbonyl (C=O) groups is 1. The molecule has 1 unspecified atom stereocenters. The highest BCUT2D eigenvalue weighted by molar-refractivity contribution is 5.88. The molecule has 0 amide bonds. The lowest BCUT2D eigenvalue weighted by Crippen LogP contribution is -2.33. The van der Waals surface area contributed by atoms with E-state index in [4.69, 9.17) is 14.7 Å². The summed E-state index contributed by atoms with van der Waals surface area (Å²) in [6, 6.07) is 4.95. The summed E-state index contributed by atoms with van der Waals surface area (Å²) in [4.78, 5) is 28.7. The molecule has 0 aromatic carbocycles. The quantitative estimate of drug-likeness (QED) is 0.0781. The van der Waals surface area contributed by atoms with Gasteiger partial charge in [0.2, 0.25) is 0 Å². The van der Waals surface area contributed by atoms with Crippen LogP contribution in [0.2, 0.25) is 0 Å². The minimum Gasteiger partial charge on any atom is -0.463 e. The van der Waals surface area contributed by atoms with E-state index in [1.807, 2.05) is 18.5 Å². The summed E-state index contributed by atoms with van der Waals surface area (Å²) < 4.78 is 6.38. The number of anilines is 1. The Morgan fingerprint density at radius 2 is 2.07 bits per heavy atom. The first-order valence-electron chi connectivity index (χ1n) is 17.5. The van der Waals surface area contributed by atoms with Crippen LogP contribution in [-0.2, 0) is 17.6 Å². The van der Waals surface area contributed by atoms with Gasteiger partial charge in [0.05, 0.1) is 18.4 Å². The van der Waals surface area contributed by atoms with E-state index in [0.29, 0.717) is 43.2 Å². The number of fused-ring (bicyclic) bond motifs is 1. The second-order valence-corrected chi connectivity index (χ2v) is 13.3. The number of ketones is 1. The van der Waals surface area contributed by atoms with Crippen molar-refractivity contribution in [3.05, 3.63) is 72.2 Å². The molecule has 0 radical (unpaired) electrons. The van der Waals surface area contributed by atoms with Gasteiger partial charge in [-0.15, -0.1) is 6.58 Å². The Morgan fingerprint density at radius 3 is 2.80 bits per heavy atom. The molecular formula is C39H53N5O2. The van der Waals surface area contributed by atoms with Gasteiger partial charge in [0.15, 0.2) is 5.78 Å². The van der Waals surface area contributed by atoms with Crippen molar-refractivity contribution in [1.29, 1.82) is 5.26 Å². The number of unbranched alkanes of at least 4 members (excludes halogenated alkanes) is 2. The van der Waals surface area contributed by atoms with E-state index in [1.165, 1.54) is 35.6 Å². The molecule has 0 spiro atoms. The lowest BCUT2D eigenvalue weighted by atomic mass is 9.86. The Labute approximate surface area is 276 Å². The summed E-state index contributed by atoms with van der Waals surface area (Å²) in [5.41, 5.74) is 4.90. The molecule has 7 heteroatoms. The first-order valence-corrected chi connectivity index (χ1v) is 17.5. The van der Waals surface area contributed by atoms with Gasteiger partial charge in [0, 0.05) is 43.9 Å². The van der Waals surface area contributed by atoms with E-state index in [-0.39, 0.29) is 11.7 Å². The molecule has 246 valence electrons. The average molecular weight is 624 g/mol. The molecular weight excluding hydrogens is 570 g/mol.